The number of benzene rings is 3. The Bertz CT molecular complexity index is 1680. The van der Waals surface area contributed by atoms with Crippen molar-refractivity contribution >= 4 is 29.7 Å². The summed E-state index contributed by atoms with van der Waals surface area (Å²) in [5, 5.41) is 12.9. The second-order valence-electron chi connectivity index (χ2n) is 11.5. The molecular formula is C35H36N4O7S. The van der Waals surface area contributed by atoms with Crippen molar-refractivity contribution in [3.63, 3.8) is 0 Å². The number of imide groups is 1. The minimum atomic E-state index is -0.974. The lowest BCUT2D eigenvalue weighted by atomic mass is 10.0. The van der Waals surface area contributed by atoms with Crippen LogP contribution in [0.15, 0.2) is 96.4 Å². The summed E-state index contributed by atoms with van der Waals surface area (Å²) in [4.78, 5) is 43.6. The van der Waals surface area contributed by atoms with Gasteiger partial charge in [-0.2, -0.15) is 0 Å². The Morgan fingerprint density at radius 2 is 1.70 bits per heavy atom. The number of aliphatic hydroxyl groups excluding tert-OH is 1. The molecule has 47 heavy (non-hydrogen) atoms. The molecule has 244 valence electrons. The first-order valence-electron chi connectivity index (χ1n) is 15.4. The van der Waals surface area contributed by atoms with Gasteiger partial charge in [-0.25, -0.2) is 9.78 Å². The van der Waals surface area contributed by atoms with Gasteiger partial charge in [-0.05, 0) is 22.3 Å². The third-order valence-corrected chi connectivity index (χ3v) is 9.32. The number of hydrogen-bond acceptors (Lipinski definition) is 9. The predicted molar refractivity (Wildman–Crippen MR) is 173 cm³/mol. The van der Waals surface area contributed by atoms with Crippen molar-refractivity contribution in [2.24, 2.45) is 7.05 Å². The van der Waals surface area contributed by atoms with Crippen molar-refractivity contribution in [1.29, 1.82) is 0 Å². The first-order valence-corrected chi connectivity index (χ1v) is 16.4. The van der Waals surface area contributed by atoms with Crippen LogP contribution in [0.2, 0.25) is 0 Å². The summed E-state index contributed by atoms with van der Waals surface area (Å²) in [6.07, 6.45) is 2.46. The molecule has 2 aliphatic heterocycles. The normalized spacial score (nSPS) is 21.2. The zero-order valence-electron chi connectivity index (χ0n) is 25.9. The van der Waals surface area contributed by atoms with E-state index < -0.39 is 24.3 Å². The third kappa shape index (κ3) is 8.09. The van der Waals surface area contributed by atoms with Crippen LogP contribution in [-0.4, -0.2) is 55.4 Å². The molecule has 3 aromatic carbocycles. The second kappa shape index (κ2) is 14.9. The van der Waals surface area contributed by atoms with Crippen LogP contribution in [-0.2, 0) is 50.6 Å². The SMILES string of the molecule is Cn1ccnc1SCC1CC(c2ccc(CO)cc2)OC(c2ccc(CN3C(=O)CC(NC(=O)OCc4ccccc4)C3=O)cc2)O1. The summed E-state index contributed by atoms with van der Waals surface area (Å²) in [5.41, 5.74) is 4.19. The summed E-state index contributed by atoms with van der Waals surface area (Å²) in [5.74, 6) is -0.158. The average molecular weight is 657 g/mol. The van der Waals surface area contributed by atoms with Gasteiger partial charge in [0.15, 0.2) is 11.4 Å². The van der Waals surface area contributed by atoms with Crippen LogP contribution in [0.5, 0.6) is 0 Å². The fourth-order valence-electron chi connectivity index (χ4n) is 5.51. The van der Waals surface area contributed by atoms with E-state index in [-0.39, 0.29) is 44.3 Å². The molecule has 0 spiro atoms. The monoisotopic (exact) mass is 656 g/mol. The summed E-state index contributed by atoms with van der Waals surface area (Å²) in [6.45, 7) is 0.108. The lowest BCUT2D eigenvalue weighted by Crippen LogP contribution is -2.41. The van der Waals surface area contributed by atoms with Crippen molar-refractivity contribution in [3.8, 4) is 0 Å². The van der Waals surface area contributed by atoms with Gasteiger partial charge in [0.05, 0.1) is 31.8 Å². The zero-order valence-corrected chi connectivity index (χ0v) is 26.7. The number of amides is 3. The lowest BCUT2D eigenvalue weighted by Gasteiger charge is -2.36. The van der Waals surface area contributed by atoms with E-state index in [9.17, 15) is 19.5 Å². The zero-order chi connectivity index (χ0) is 32.8. The number of rotatable bonds is 11. The number of carbonyl (C=O) groups excluding carboxylic acids is 3. The number of carbonyl (C=O) groups is 3. The standard InChI is InChI=1S/C35H36N4O7S/c1-38-16-15-36-34(38)47-22-28-17-30(26-11-9-24(20-40)10-12-26)46-33(45-28)27-13-7-23(8-14-27)19-39-31(41)18-29(32(39)42)37-35(43)44-21-25-5-3-2-4-6-25/h2-16,28-30,33,40H,17-22H2,1H3,(H,37,43). The lowest BCUT2D eigenvalue weighted by molar-refractivity contribution is -0.245. The molecule has 6 rings (SSSR count). The van der Waals surface area contributed by atoms with Gasteiger partial charge in [-0.15, -0.1) is 0 Å². The van der Waals surface area contributed by atoms with Crippen LogP contribution < -0.4 is 5.32 Å². The molecule has 2 fully saturated rings. The van der Waals surface area contributed by atoms with Gasteiger partial charge >= 0.3 is 6.09 Å². The molecule has 2 aliphatic rings. The molecule has 0 radical (unpaired) electrons. The van der Waals surface area contributed by atoms with E-state index in [1.807, 2.05) is 96.7 Å². The van der Waals surface area contributed by atoms with Crippen LogP contribution in [0.25, 0.3) is 0 Å². The Morgan fingerprint density at radius 1 is 0.979 bits per heavy atom. The third-order valence-electron chi connectivity index (χ3n) is 8.13. The van der Waals surface area contributed by atoms with Crippen molar-refractivity contribution in [2.75, 3.05) is 5.75 Å². The molecule has 4 atom stereocenters. The van der Waals surface area contributed by atoms with Crippen LogP contribution in [0.3, 0.4) is 0 Å². The van der Waals surface area contributed by atoms with Crippen LogP contribution >= 0.6 is 11.8 Å². The van der Waals surface area contributed by atoms with Gasteiger partial charge in [0.2, 0.25) is 5.91 Å². The number of likely N-dealkylation sites (tertiary alicyclic amines) is 1. The number of imidazole rings is 1. The molecule has 3 amide bonds. The molecular weight excluding hydrogens is 620 g/mol. The first kappa shape index (κ1) is 32.5. The van der Waals surface area contributed by atoms with Crippen LogP contribution in [0, 0.1) is 0 Å². The number of aliphatic hydroxyl groups is 1. The second-order valence-corrected chi connectivity index (χ2v) is 12.5. The Kier molecular flexibility index (Phi) is 10.3. The molecule has 11 nitrogen and oxygen atoms in total. The number of ether oxygens (including phenoxy) is 3. The molecule has 1 aromatic heterocycles. The van der Waals surface area contributed by atoms with Gasteiger partial charge in [-0.1, -0.05) is 90.6 Å². The van der Waals surface area contributed by atoms with Gasteiger partial charge < -0.3 is 29.2 Å². The van der Waals surface area contributed by atoms with Crippen molar-refractivity contribution in [3.05, 3.63) is 119 Å². The quantitative estimate of drug-likeness (QED) is 0.173. The summed E-state index contributed by atoms with van der Waals surface area (Å²) < 4.78 is 20.1. The molecule has 0 saturated carbocycles. The number of nitrogens with one attached hydrogen (secondary N) is 1. The number of aromatic nitrogens is 2. The van der Waals surface area contributed by atoms with E-state index in [2.05, 4.69) is 10.3 Å². The number of alkyl carbamates (subject to hydrolysis) is 1. The van der Waals surface area contributed by atoms with E-state index in [4.69, 9.17) is 14.2 Å². The minimum Gasteiger partial charge on any atom is -0.445 e. The highest BCUT2D eigenvalue weighted by Crippen LogP contribution is 2.39. The number of thioether (sulfide) groups is 1. The smallest absolute Gasteiger partial charge is 0.408 e. The largest absolute Gasteiger partial charge is 0.445 e. The van der Waals surface area contributed by atoms with E-state index in [1.165, 1.54) is 0 Å². The molecule has 12 heteroatoms. The van der Waals surface area contributed by atoms with Gasteiger partial charge in [-0.3, -0.25) is 14.5 Å². The minimum absolute atomic E-state index is 0.0279. The van der Waals surface area contributed by atoms with Crippen LogP contribution in [0.1, 0.15) is 53.1 Å². The molecule has 3 heterocycles. The number of hydrogen-bond donors (Lipinski definition) is 2. The van der Waals surface area contributed by atoms with Crippen molar-refractivity contribution in [1.82, 2.24) is 19.8 Å². The maximum Gasteiger partial charge on any atom is 0.408 e. The maximum atomic E-state index is 13.0. The Balaban J connectivity index is 1.08. The maximum absolute atomic E-state index is 13.0. The Hall–Kier alpha value is -4.49. The molecule has 2 N–H and O–H groups in total. The summed E-state index contributed by atoms with van der Waals surface area (Å²) in [6, 6.07) is 23.4. The molecule has 4 aromatic rings. The molecule has 0 bridgehead atoms. The molecule has 2 saturated heterocycles. The van der Waals surface area contributed by atoms with Gasteiger partial charge in [0, 0.05) is 37.2 Å². The van der Waals surface area contributed by atoms with Crippen molar-refractivity contribution < 1.29 is 33.7 Å². The highest BCUT2D eigenvalue weighted by atomic mass is 32.2. The topological polar surface area (TPSA) is 132 Å². The van der Waals surface area contributed by atoms with Gasteiger partial charge in [0.25, 0.3) is 5.91 Å². The predicted octanol–water partition coefficient (Wildman–Crippen LogP) is 4.80. The Morgan fingerprint density at radius 3 is 2.40 bits per heavy atom. The highest BCUT2D eigenvalue weighted by Gasteiger charge is 2.40. The van der Waals surface area contributed by atoms with E-state index in [1.54, 1.807) is 18.0 Å². The molecule has 4 unspecified atom stereocenters. The number of nitrogens with zero attached hydrogens (tertiary/aromatic N) is 3. The van der Waals surface area contributed by atoms with Gasteiger partial charge in [0.1, 0.15) is 12.6 Å². The average Bonchev–Trinajstić information content (AvgIpc) is 3.63. The fraction of sp³-hybridized carbons (Fsp3) is 0.314. The van der Waals surface area contributed by atoms with Crippen molar-refractivity contribution in [2.45, 2.75) is 62.3 Å². The van der Waals surface area contributed by atoms with Crippen LogP contribution in [0.4, 0.5) is 4.79 Å². The summed E-state index contributed by atoms with van der Waals surface area (Å²) >= 11 is 1.62. The fourth-order valence-corrected chi connectivity index (χ4v) is 6.46. The molecule has 0 aliphatic carbocycles. The van der Waals surface area contributed by atoms with E-state index in [0.29, 0.717) is 12.2 Å². The highest BCUT2D eigenvalue weighted by molar-refractivity contribution is 7.99. The van der Waals surface area contributed by atoms with E-state index >= 15 is 0 Å². The summed E-state index contributed by atoms with van der Waals surface area (Å²) in [7, 11) is 1.96. The van der Waals surface area contributed by atoms with E-state index in [0.717, 1.165) is 37.9 Å². The number of aryl methyl sites for hydroxylation is 1. The first-order chi connectivity index (χ1) is 22.9. The Labute approximate surface area is 276 Å².